The number of carboxylic acid groups (broad SMARTS) is 4. The van der Waals surface area contributed by atoms with E-state index in [4.69, 9.17) is 0 Å². The Balaban J connectivity index is 0.830. The average Bonchev–Trinajstić information content (AvgIpc) is 1.59. The number of carbonyl (C=O) groups is 4. The average molecular weight is 1350 g/mol. The van der Waals surface area contributed by atoms with Crippen molar-refractivity contribution in [1.82, 2.24) is 42.5 Å². The summed E-state index contributed by atoms with van der Waals surface area (Å²) in [4.78, 5) is 46.6. The lowest BCUT2D eigenvalue weighted by Crippen LogP contribution is -2.61. The Bertz CT molecular complexity index is 3440. The first-order valence-electron chi connectivity index (χ1n) is 31.2. The molecular weight excluding hydrogens is 1270 g/mol. The molecule has 0 amide bonds. The van der Waals surface area contributed by atoms with Crippen molar-refractivity contribution in [2.75, 3.05) is 18.9 Å². The molecule has 32 heteroatoms. The van der Waals surface area contributed by atoms with Gasteiger partial charge in [0.1, 0.15) is 0 Å². The molecule has 9 aliphatic rings. The molecule has 9 fully saturated rings. The second kappa shape index (κ2) is 25.0. The van der Waals surface area contributed by atoms with Gasteiger partial charge in [0.05, 0.1) is 92.6 Å². The summed E-state index contributed by atoms with van der Waals surface area (Å²) in [6.07, 6.45) is -0.262. The summed E-state index contributed by atoms with van der Waals surface area (Å²) in [5.41, 5.74) is 0.848. The predicted molar refractivity (Wildman–Crippen MR) is 338 cm³/mol. The van der Waals surface area contributed by atoms with Gasteiger partial charge >= 0.3 is 23.9 Å². The maximum atomic E-state index is 14.4. The fraction of sp³-hybridized carbons (Fsp3) is 0.533. The van der Waals surface area contributed by atoms with Gasteiger partial charge < -0.3 is 20.4 Å². The molecule has 4 aromatic carbocycles. The molecule has 4 saturated carbocycles. The van der Waals surface area contributed by atoms with Crippen LogP contribution < -0.4 is 61.4 Å². The van der Waals surface area contributed by atoms with Crippen molar-refractivity contribution >= 4 is 86.7 Å². The van der Waals surface area contributed by atoms with Crippen molar-refractivity contribution in [2.45, 2.75) is 147 Å². The van der Waals surface area contributed by atoms with Crippen LogP contribution in [0.4, 0.5) is 22.7 Å². The van der Waals surface area contributed by atoms with E-state index >= 15 is 0 Å². The molecule has 0 radical (unpaired) electrons. The molecule has 92 heavy (non-hydrogen) atoms. The molecule has 496 valence electrons. The lowest BCUT2D eigenvalue weighted by atomic mass is 9.76. The number of benzene rings is 4. The third kappa shape index (κ3) is 12.9. The van der Waals surface area contributed by atoms with E-state index in [1.54, 1.807) is 0 Å². The van der Waals surface area contributed by atoms with Crippen LogP contribution in [-0.2, 0) is 40.1 Å². The molecule has 0 aromatic heterocycles. The van der Waals surface area contributed by atoms with E-state index < -0.39 is 134 Å². The Morgan fingerprint density at radius 2 is 0.435 bits per heavy atom. The predicted octanol–water partition coefficient (Wildman–Crippen LogP) is 3.08. The quantitative estimate of drug-likeness (QED) is 0.0766. The van der Waals surface area contributed by atoms with Crippen LogP contribution in [0.3, 0.4) is 0 Å². The van der Waals surface area contributed by atoms with Gasteiger partial charge in [-0.25, -0.2) is 52.8 Å². The largest absolute Gasteiger partial charge is 0.478 e. The summed E-state index contributed by atoms with van der Waals surface area (Å²) in [5, 5.41) is 65.7. The molecule has 28 nitrogen and oxygen atoms in total. The van der Waals surface area contributed by atoms with Crippen LogP contribution in [0.2, 0.25) is 0 Å². The second-order valence-electron chi connectivity index (χ2n) is 26.3. The first-order chi connectivity index (χ1) is 43.7. The minimum atomic E-state index is -4.06. The van der Waals surface area contributed by atoms with Crippen molar-refractivity contribution in [1.29, 1.82) is 0 Å². The van der Waals surface area contributed by atoms with Crippen LogP contribution >= 0.6 is 0 Å². The number of hydrogen-bond acceptors (Lipinski definition) is 20. The van der Waals surface area contributed by atoms with Crippen molar-refractivity contribution in [2.24, 2.45) is 47.3 Å². The molecule has 5 aliphatic heterocycles. The van der Waals surface area contributed by atoms with Gasteiger partial charge in [-0.05, 0) is 221 Å². The second-order valence-corrected chi connectivity index (χ2v) is 34.2. The first-order valence-corrected chi connectivity index (χ1v) is 37.4. The molecule has 8 bridgehead atoms. The van der Waals surface area contributed by atoms with Crippen LogP contribution in [0.1, 0.15) is 118 Å². The van der Waals surface area contributed by atoms with Gasteiger partial charge in [-0.2, -0.15) is 0 Å². The summed E-state index contributed by atoms with van der Waals surface area (Å²) in [5.74, 6) is -6.62. The summed E-state index contributed by atoms with van der Waals surface area (Å²) >= 11 is 0. The van der Waals surface area contributed by atoms with Crippen molar-refractivity contribution in [3.63, 3.8) is 0 Å². The fourth-order valence-corrected chi connectivity index (χ4v) is 22.9. The molecule has 12 atom stereocenters. The minimum absolute atomic E-state index is 0.00351. The Labute approximate surface area is 532 Å². The Morgan fingerprint density at radius 1 is 0.272 bits per heavy atom. The molecule has 4 aromatic rings. The maximum Gasteiger partial charge on any atom is 0.335 e. The summed E-state index contributed by atoms with van der Waals surface area (Å²) in [7, 11) is -16.2. The Morgan fingerprint density at radius 3 is 0.598 bits per heavy atom. The van der Waals surface area contributed by atoms with Gasteiger partial charge in [-0.15, -0.1) is 0 Å². The van der Waals surface area contributed by atoms with E-state index in [2.05, 4.69) is 61.4 Å². The molecule has 13 rings (SSSR count). The minimum Gasteiger partial charge on any atom is -0.478 e. The summed E-state index contributed by atoms with van der Waals surface area (Å²) < 4.78 is 126. The maximum absolute atomic E-state index is 14.4. The third-order valence-electron chi connectivity index (χ3n) is 21.2. The van der Waals surface area contributed by atoms with Crippen molar-refractivity contribution < 1.29 is 73.3 Å². The van der Waals surface area contributed by atoms with Crippen LogP contribution in [0.15, 0.2) is 97.1 Å². The number of aromatic carboxylic acids is 4. The molecule has 12 unspecified atom stereocenters. The number of carboxylic acids is 4. The van der Waals surface area contributed by atoms with Gasteiger partial charge in [0.15, 0.2) is 0 Å². The molecular formula is C60H76N12O16S4. The van der Waals surface area contributed by atoms with E-state index in [1.807, 2.05) is 0 Å². The van der Waals surface area contributed by atoms with Crippen LogP contribution in [-0.4, -0.2) is 148 Å². The monoisotopic (exact) mass is 1350 g/mol. The van der Waals surface area contributed by atoms with Gasteiger partial charge in [0.2, 0.25) is 40.1 Å². The molecule has 4 aliphatic carbocycles. The zero-order chi connectivity index (χ0) is 64.8. The Kier molecular flexibility index (Phi) is 17.4. The van der Waals surface area contributed by atoms with E-state index in [0.717, 1.165) is 0 Å². The van der Waals surface area contributed by atoms with E-state index in [9.17, 15) is 73.3 Å². The fourth-order valence-electron chi connectivity index (χ4n) is 16.7. The highest BCUT2D eigenvalue weighted by Crippen LogP contribution is 2.49. The number of anilines is 4. The van der Waals surface area contributed by atoms with Crippen LogP contribution in [0.5, 0.6) is 0 Å². The zero-order valence-electron chi connectivity index (χ0n) is 49.6. The lowest BCUT2D eigenvalue weighted by molar-refractivity contribution is 0.0686. The van der Waals surface area contributed by atoms with E-state index in [1.165, 1.54) is 97.1 Å². The Hall–Kier alpha value is -6.56. The topological polar surface area (TPSA) is 430 Å². The SMILES string of the molecule is O=C(O)c1ccc(NS(=O)(=O)C2CCC3C4NC(NC5NC(NC6NC(NC7NC(N4)C4CC(S(=O)(=O)Nc8ccc(C(=O)O)cc8)CCC74)C4CC(S(=O)(=O)Nc7ccc(C(=O)O)cc7)CCC64)C4CC(S(=O)(=O)Nc6ccc(C(=O)O)cc6)CCC54)C3C2)cc1. The number of nitrogens with one attached hydrogen (secondary N) is 12. The van der Waals surface area contributed by atoms with Gasteiger partial charge in [0.25, 0.3) is 0 Å². The number of sulfonamides is 4. The van der Waals surface area contributed by atoms with Crippen molar-refractivity contribution in [3.05, 3.63) is 119 Å². The highest BCUT2D eigenvalue weighted by Gasteiger charge is 2.58. The third-order valence-corrected chi connectivity index (χ3v) is 28.6. The standard InChI is InChI=1S/C60H76N12O16S4/c73-57(74)29-1-9-33(10-2-29)69-89(81,82)37-17-21-41-45(25-37)53-61-49(41)66-54-47-27-39(91(85,86)71-35-13-5-31(6-14-35)59(77)78)19-23-43(47)51(63-54)68-56-48-28-40(92(87,88)72-36-15-7-32(8-16-36)60(79)80)20-24-44(48)52(64-56)67-55-46-26-38(18-22-42(46)50(62-55)65-53)90(83,84)70-34-11-3-30(4-12-34)58(75)76/h1-16,37-56,61-72H,17-28H2,(H,73,74)(H,75,76)(H,77,78)(H,79,80). The smallest absolute Gasteiger partial charge is 0.335 e. The molecule has 0 spiro atoms. The van der Waals surface area contributed by atoms with E-state index in [0.29, 0.717) is 25.7 Å². The highest BCUT2D eigenvalue weighted by atomic mass is 32.2. The van der Waals surface area contributed by atoms with E-state index in [-0.39, 0.29) is 144 Å². The first kappa shape index (κ1) is 64.2. The van der Waals surface area contributed by atoms with Gasteiger partial charge in [0, 0.05) is 22.7 Å². The van der Waals surface area contributed by atoms with Gasteiger partial charge in [-0.1, -0.05) is 0 Å². The summed E-state index contributed by atoms with van der Waals surface area (Å²) in [6.45, 7) is 0. The van der Waals surface area contributed by atoms with Crippen LogP contribution in [0, 0.1) is 47.3 Å². The molecule has 16 N–H and O–H groups in total. The van der Waals surface area contributed by atoms with Crippen LogP contribution in [0.25, 0.3) is 0 Å². The highest BCUT2D eigenvalue weighted by molar-refractivity contribution is 7.94. The van der Waals surface area contributed by atoms with Gasteiger partial charge in [-0.3, -0.25) is 61.4 Å². The number of rotatable bonds is 16. The molecule has 5 saturated heterocycles. The lowest BCUT2D eigenvalue weighted by Gasteiger charge is -2.39. The summed E-state index contributed by atoms with van der Waals surface area (Å²) in [6, 6.07) is 21.9. The normalized spacial score (nSPS) is 35.2. The molecule has 5 heterocycles. The zero-order valence-corrected chi connectivity index (χ0v) is 52.9. The number of fused-ring (bicyclic) bond motifs is 20. The van der Waals surface area contributed by atoms with Crippen molar-refractivity contribution in [3.8, 4) is 0 Å². The number of hydrogen-bond donors (Lipinski definition) is 16.